The molecule has 4 rings (SSSR count). The molecule has 12 heteroatoms. The summed E-state index contributed by atoms with van der Waals surface area (Å²) >= 11 is 6.00. The minimum atomic E-state index is -0.599. The molecule has 4 aromatic rings. The predicted octanol–water partition coefficient (Wildman–Crippen LogP) is 4.45. The van der Waals surface area contributed by atoms with E-state index in [1.165, 1.54) is 47.4 Å². The van der Waals surface area contributed by atoms with Crippen molar-refractivity contribution in [3.05, 3.63) is 99.0 Å². The lowest BCUT2D eigenvalue weighted by Crippen LogP contribution is -2.12. The number of benzene rings is 2. The quantitative estimate of drug-likeness (QED) is 0.297. The Morgan fingerprint density at radius 3 is 2.85 bits per heavy atom. The highest BCUT2D eigenvalue weighted by atomic mass is 35.5. The summed E-state index contributed by atoms with van der Waals surface area (Å²) in [6, 6.07) is 13.0. The molecule has 1 amide bonds. The Morgan fingerprint density at radius 1 is 1.24 bits per heavy atom. The number of aromatic nitrogens is 3. The summed E-state index contributed by atoms with van der Waals surface area (Å²) in [5, 5.41) is 17.7. The first-order valence-corrected chi connectivity index (χ1v) is 9.86. The predicted molar refractivity (Wildman–Crippen MR) is 115 cm³/mol. The van der Waals surface area contributed by atoms with Crippen LogP contribution in [0.5, 0.6) is 5.75 Å². The largest absolute Gasteiger partial charge is 0.484 e. The Balaban J connectivity index is 1.36. The molecule has 0 saturated carbocycles. The van der Waals surface area contributed by atoms with Gasteiger partial charge in [0.1, 0.15) is 30.3 Å². The van der Waals surface area contributed by atoms with Gasteiger partial charge in [-0.1, -0.05) is 29.8 Å². The summed E-state index contributed by atoms with van der Waals surface area (Å²) in [6.45, 7) is 0.0433. The maximum atomic E-state index is 13.8. The van der Waals surface area contributed by atoms with Gasteiger partial charge >= 0.3 is 0 Å². The maximum Gasteiger partial charge on any atom is 0.293 e. The lowest BCUT2D eigenvalue weighted by molar-refractivity contribution is -0.384. The fraction of sp³-hybridized carbons (Fsp3) is 0.0952. The van der Waals surface area contributed by atoms with Crippen molar-refractivity contribution in [2.24, 2.45) is 0 Å². The molecule has 0 bridgehead atoms. The molecule has 168 valence electrons. The van der Waals surface area contributed by atoms with Gasteiger partial charge in [0.25, 0.3) is 11.6 Å². The average molecular weight is 472 g/mol. The van der Waals surface area contributed by atoms with E-state index in [1.54, 1.807) is 18.2 Å². The number of hydrogen-bond acceptors (Lipinski definition) is 7. The molecule has 0 unspecified atom stereocenters. The second kappa shape index (κ2) is 9.49. The van der Waals surface area contributed by atoms with Crippen LogP contribution in [0, 0.1) is 15.9 Å². The van der Waals surface area contributed by atoms with Gasteiger partial charge in [-0.3, -0.25) is 20.2 Å². The van der Waals surface area contributed by atoms with E-state index in [4.69, 9.17) is 20.8 Å². The van der Waals surface area contributed by atoms with Crippen LogP contribution in [-0.2, 0) is 13.2 Å². The number of halogens is 2. The summed E-state index contributed by atoms with van der Waals surface area (Å²) < 4.78 is 26.1. The van der Waals surface area contributed by atoms with E-state index in [0.717, 1.165) is 0 Å². The van der Waals surface area contributed by atoms with Crippen LogP contribution in [0.2, 0.25) is 5.02 Å². The van der Waals surface area contributed by atoms with E-state index in [0.29, 0.717) is 11.3 Å². The van der Waals surface area contributed by atoms with Gasteiger partial charge in [0.15, 0.2) is 5.76 Å². The second-order valence-electron chi connectivity index (χ2n) is 6.74. The van der Waals surface area contributed by atoms with E-state index in [9.17, 15) is 19.3 Å². The molecule has 33 heavy (non-hydrogen) atoms. The average Bonchev–Trinajstić information content (AvgIpc) is 3.44. The van der Waals surface area contributed by atoms with E-state index in [-0.39, 0.29) is 47.1 Å². The van der Waals surface area contributed by atoms with Crippen molar-refractivity contribution in [2.75, 3.05) is 5.32 Å². The van der Waals surface area contributed by atoms with Gasteiger partial charge in [0, 0.05) is 11.6 Å². The van der Waals surface area contributed by atoms with Gasteiger partial charge in [0.2, 0.25) is 5.95 Å². The number of carbonyl (C=O) groups excluding carboxylic acids is 1. The summed E-state index contributed by atoms with van der Waals surface area (Å²) in [7, 11) is 0. The van der Waals surface area contributed by atoms with E-state index in [2.05, 4.69) is 15.4 Å². The van der Waals surface area contributed by atoms with Crippen LogP contribution in [0.4, 0.5) is 16.0 Å². The Bertz CT molecular complexity index is 1320. The van der Waals surface area contributed by atoms with Crippen LogP contribution in [0.1, 0.15) is 21.9 Å². The third kappa shape index (κ3) is 5.33. The molecule has 0 saturated heterocycles. The number of hydrogen-bond donors (Lipinski definition) is 1. The first-order chi connectivity index (χ1) is 15.9. The van der Waals surface area contributed by atoms with Crippen molar-refractivity contribution in [1.29, 1.82) is 0 Å². The molecule has 1 N–H and O–H groups in total. The highest BCUT2D eigenvalue weighted by Crippen LogP contribution is 2.29. The number of furan rings is 1. The second-order valence-corrected chi connectivity index (χ2v) is 7.14. The summed E-state index contributed by atoms with van der Waals surface area (Å²) in [6.07, 6.45) is 1.37. The van der Waals surface area contributed by atoms with Gasteiger partial charge in [-0.15, -0.1) is 5.10 Å². The number of non-ortho nitro benzene ring substituents is 1. The highest BCUT2D eigenvalue weighted by molar-refractivity contribution is 6.32. The van der Waals surface area contributed by atoms with Crippen LogP contribution in [0.25, 0.3) is 0 Å². The van der Waals surface area contributed by atoms with Crippen molar-refractivity contribution >= 4 is 29.1 Å². The summed E-state index contributed by atoms with van der Waals surface area (Å²) in [4.78, 5) is 26.7. The van der Waals surface area contributed by atoms with Gasteiger partial charge < -0.3 is 9.15 Å². The number of nitro groups is 1. The molecule has 2 aromatic carbocycles. The molecule has 2 aromatic heterocycles. The first-order valence-electron chi connectivity index (χ1n) is 9.48. The molecule has 2 heterocycles. The minimum absolute atomic E-state index is 0.0221. The van der Waals surface area contributed by atoms with E-state index >= 15 is 0 Å². The maximum absolute atomic E-state index is 13.8. The zero-order valence-corrected chi connectivity index (χ0v) is 17.5. The van der Waals surface area contributed by atoms with Crippen LogP contribution in [-0.4, -0.2) is 25.6 Å². The van der Waals surface area contributed by atoms with Crippen molar-refractivity contribution in [3.8, 4) is 5.75 Å². The number of carbonyl (C=O) groups is 1. The van der Waals surface area contributed by atoms with Crippen LogP contribution in [0.15, 0.2) is 65.3 Å². The number of ether oxygens (including phenoxy) is 1. The number of nitro benzene ring substituents is 1. The summed E-state index contributed by atoms with van der Waals surface area (Å²) in [5.41, 5.74) is 0.260. The van der Waals surface area contributed by atoms with Crippen molar-refractivity contribution < 1.29 is 23.3 Å². The molecule has 0 aliphatic rings. The zero-order chi connectivity index (χ0) is 23.4. The molecule has 0 fully saturated rings. The molecule has 0 atom stereocenters. The number of nitrogens with one attached hydrogen (secondary N) is 1. The van der Waals surface area contributed by atoms with Gasteiger partial charge in [-0.25, -0.2) is 14.1 Å². The monoisotopic (exact) mass is 471 g/mol. The van der Waals surface area contributed by atoms with Crippen LogP contribution < -0.4 is 10.1 Å². The standard InChI is InChI=1S/C21H15ClFN5O5/c22-16-7-5-14(28(30)31)9-19(16)32-11-15-6-8-18(33-15)20(29)25-21-24-12-27(26-21)10-13-3-1-2-4-17(13)23/h1-9,12H,10-11H2,(H,25,26,29). The fourth-order valence-electron chi connectivity index (χ4n) is 2.84. The summed E-state index contributed by atoms with van der Waals surface area (Å²) in [5.74, 6) is -0.565. The van der Waals surface area contributed by atoms with Gasteiger partial charge in [-0.2, -0.15) is 0 Å². The zero-order valence-electron chi connectivity index (χ0n) is 16.8. The van der Waals surface area contributed by atoms with Crippen molar-refractivity contribution in [1.82, 2.24) is 14.8 Å². The number of anilines is 1. The highest BCUT2D eigenvalue weighted by Gasteiger charge is 2.16. The van der Waals surface area contributed by atoms with Crippen LogP contribution >= 0.6 is 11.6 Å². The van der Waals surface area contributed by atoms with E-state index in [1.807, 2.05) is 0 Å². The van der Waals surface area contributed by atoms with E-state index < -0.39 is 10.8 Å². The fourth-order valence-corrected chi connectivity index (χ4v) is 3.01. The lowest BCUT2D eigenvalue weighted by atomic mass is 10.2. The SMILES string of the molecule is O=C(Nc1ncn(Cc2ccccc2F)n1)c1ccc(COc2cc([N+](=O)[O-])ccc2Cl)o1. The Kier molecular flexibility index (Phi) is 6.31. The Morgan fingerprint density at radius 2 is 2.06 bits per heavy atom. The first kappa shape index (κ1) is 22.0. The Labute approximate surface area is 190 Å². The third-order valence-corrected chi connectivity index (χ3v) is 4.75. The molecule has 0 aliphatic heterocycles. The molecule has 0 aliphatic carbocycles. The molecule has 10 nitrogen and oxygen atoms in total. The minimum Gasteiger partial charge on any atom is -0.484 e. The molecule has 0 radical (unpaired) electrons. The van der Waals surface area contributed by atoms with Gasteiger partial charge in [-0.05, 0) is 24.3 Å². The normalized spacial score (nSPS) is 10.7. The topological polar surface area (TPSA) is 125 Å². The molecule has 0 spiro atoms. The molecular weight excluding hydrogens is 457 g/mol. The number of rotatable bonds is 8. The van der Waals surface area contributed by atoms with Gasteiger partial charge in [0.05, 0.1) is 22.6 Å². The van der Waals surface area contributed by atoms with Crippen molar-refractivity contribution in [2.45, 2.75) is 13.2 Å². The van der Waals surface area contributed by atoms with Crippen molar-refractivity contribution in [3.63, 3.8) is 0 Å². The Hall–Kier alpha value is -4.25. The number of amides is 1. The smallest absolute Gasteiger partial charge is 0.293 e. The van der Waals surface area contributed by atoms with Crippen LogP contribution in [0.3, 0.4) is 0 Å². The lowest BCUT2D eigenvalue weighted by Gasteiger charge is -2.06. The number of nitrogens with zero attached hydrogens (tertiary/aromatic N) is 4. The third-order valence-electron chi connectivity index (χ3n) is 4.43. The molecular formula is C21H15ClFN5O5.